The second kappa shape index (κ2) is 8.70. The number of fused-ring (bicyclic) bond motifs is 1. The maximum atomic E-state index is 13.2. The minimum atomic E-state index is -0.411. The zero-order chi connectivity index (χ0) is 22.0. The second-order valence-corrected chi connectivity index (χ2v) is 7.14. The van der Waals surface area contributed by atoms with E-state index in [2.05, 4.69) is 0 Å². The summed E-state index contributed by atoms with van der Waals surface area (Å²) in [6.07, 6.45) is 1.62. The highest BCUT2D eigenvalue weighted by Gasteiger charge is 2.28. The maximum Gasteiger partial charge on any atom is 0.231 e. The lowest BCUT2D eigenvalue weighted by molar-refractivity contribution is 0.101. The number of hydrogen-bond donors (Lipinski definition) is 0. The van der Waals surface area contributed by atoms with E-state index < -0.39 is 5.82 Å². The van der Waals surface area contributed by atoms with E-state index in [1.165, 1.54) is 12.1 Å². The van der Waals surface area contributed by atoms with Crippen LogP contribution in [0.25, 0.3) is 6.08 Å². The Hall–Kier alpha value is -3.51. The number of allylic oxidation sites excluding steroid dienone is 1. The van der Waals surface area contributed by atoms with Gasteiger partial charge in [0.2, 0.25) is 5.78 Å². The van der Waals surface area contributed by atoms with Crippen molar-refractivity contribution in [1.82, 2.24) is 0 Å². The van der Waals surface area contributed by atoms with Gasteiger partial charge in [-0.1, -0.05) is 17.7 Å². The summed E-state index contributed by atoms with van der Waals surface area (Å²) in [6, 6.07) is 14.4. The number of carbonyl (C=O) groups excluding carboxylic acids is 1. The van der Waals surface area contributed by atoms with Crippen LogP contribution in [0.4, 0.5) is 4.39 Å². The molecule has 0 bridgehead atoms. The summed E-state index contributed by atoms with van der Waals surface area (Å²) in [7, 11) is 3.11. The highest BCUT2D eigenvalue weighted by molar-refractivity contribution is 6.31. The SMILES string of the molecule is COc1ccc(/C=C2\Oc3cc(OCc4ccc(F)cc4Cl)ccc3C2=O)c(OC)c1. The molecule has 0 aromatic heterocycles. The normalized spacial score (nSPS) is 13.7. The van der Waals surface area contributed by atoms with Crippen LogP contribution in [0.3, 0.4) is 0 Å². The molecule has 7 heteroatoms. The number of rotatable bonds is 6. The Morgan fingerprint density at radius 2 is 1.81 bits per heavy atom. The first-order valence-electron chi connectivity index (χ1n) is 9.35. The van der Waals surface area contributed by atoms with E-state index >= 15 is 0 Å². The van der Waals surface area contributed by atoms with Crippen LogP contribution in [0, 0.1) is 5.82 Å². The molecule has 0 N–H and O–H groups in total. The van der Waals surface area contributed by atoms with Crippen LogP contribution in [0.2, 0.25) is 5.02 Å². The summed E-state index contributed by atoms with van der Waals surface area (Å²) in [4.78, 5) is 12.7. The first kappa shape index (κ1) is 20.8. The second-order valence-electron chi connectivity index (χ2n) is 6.73. The summed E-state index contributed by atoms with van der Waals surface area (Å²) in [5.41, 5.74) is 1.76. The number of ether oxygens (including phenoxy) is 4. The van der Waals surface area contributed by atoms with Crippen LogP contribution < -0.4 is 18.9 Å². The van der Waals surface area contributed by atoms with Crippen LogP contribution in [-0.4, -0.2) is 20.0 Å². The van der Waals surface area contributed by atoms with Crippen LogP contribution in [0.1, 0.15) is 21.5 Å². The summed E-state index contributed by atoms with van der Waals surface area (Å²) < 4.78 is 35.3. The topological polar surface area (TPSA) is 54.0 Å². The van der Waals surface area contributed by atoms with Crippen molar-refractivity contribution < 1.29 is 28.1 Å². The molecule has 31 heavy (non-hydrogen) atoms. The predicted molar refractivity (Wildman–Crippen MR) is 115 cm³/mol. The molecule has 4 rings (SSSR count). The van der Waals surface area contributed by atoms with Crippen molar-refractivity contribution in [3.8, 4) is 23.0 Å². The smallest absolute Gasteiger partial charge is 0.231 e. The molecular formula is C24H18ClFO5. The van der Waals surface area contributed by atoms with Gasteiger partial charge in [0, 0.05) is 23.3 Å². The lowest BCUT2D eigenvalue weighted by Gasteiger charge is -2.09. The Kier molecular flexibility index (Phi) is 5.82. The lowest BCUT2D eigenvalue weighted by Crippen LogP contribution is -1.99. The fourth-order valence-electron chi connectivity index (χ4n) is 3.14. The maximum absolute atomic E-state index is 13.2. The van der Waals surface area contributed by atoms with Gasteiger partial charge < -0.3 is 18.9 Å². The molecular weight excluding hydrogens is 423 g/mol. The van der Waals surface area contributed by atoms with Gasteiger partial charge in [0.15, 0.2) is 5.76 Å². The van der Waals surface area contributed by atoms with Gasteiger partial charge in [0.25, 0.3) is 0 Å². The van der Waals surface area contributed by atoms with Crippen LogP contribution in [0.5, 0.6) is 23.0 Å². The summed E-state index contributed by atoms with van der Waals surface area (Å²) in [5.74, 6) is 1.62. The molecule has 0 saturated heterocycles. The minimum absolute atomic E-state index is 0.150. The highest BCUT2D eigenvalue weighted by atomic mass is 35.5. The number of halogens is 2. The predicted octanol–water partition coefficient (Wildman–Crippen LogP) is 5.69. The Bertz CT molecular complexity index is 1190. The Labute approximate surface area is 183 Å². The molecule has 0 radical (unpaired) electrons. The summed E-state index contributed by atoms with van der Waals surface area (Å²) in [6.45, 7) is 0.150. The van der Waals surface area contributed by atoms with Gasteiger partial charge >= 0.3 is 0 Å². The van der Waals surface area contributed by atoms with Crippen molar-refractivity contribution in [1.29, 1.82) is 0 Å². The fourth-order valence-corrected chi connectivity index (χ4v) is 3.36. The van der Waals surface area contributed by atoms with Crippen molar-refractivity contribution >= 4 is 23.5 Å². The average Bonchev–Trinajstić information content (AvgIpc) is 3.08. The third-order valence-electron chi connectivity index (χ3n) is 4.78. The van der Waals surface area contributed by atoms with Gasteiger partial charge in [-0.15, -0.1) is 0 Å². The Morgan fingerprint density at radius 3 is 2.55 bits per heavy atom. The molecule has 0 atom stereocenters. The van der Waals surface area contributed by atoms with Gasteiger partial charge in [0.05, 0.1) is 24.8 Å². The van der Waals surface area contributed by atoms with Crippen molar-refractivity contribution in [2.75, 3.05) is 14.2 Å². The van der Waals surface area contributed by atoms with Crippen molar-refractivity contribution in [3.63, 3.8) is 0 Å². The van der Waals surface area contributed by atoms with Crippen LogP contribution in [-0.2, 0) is 6.61 Å². The monoisotopic (exact) mass is 440 g/mol. The highest BCUT2D eigenvalue weighted by Crippen LogP contribution is 2.36. The first-order chi connectivity index (χ1) is 15.0. The zero-order valence-electron chi connectivity index (χ0n) is 16.8. The minimum Gasteiger partial charge on any atom is -0.497 e. The first-order valence-corrected chi connectivity index (χ1v) is 9.73. The van der Waals surface area contributed by atoms with Crippen molar-refractivity contribution in [2.24, 2.45) is 0 Å². The molecule has 1 aliphatic rings. The van der Waals surface area contributed by atoms with E-state index in [0.29, 0.717) is 39.7 Å². The standard InChI is InChI=1S/C24H18ClFO5/c1-28-17-6-4-14(21(11-17)29-2)9-23-24(27)19-8-7-18(12-22(19)31-23)30-13-15-3-5-16(26)10-20(15)25/h3-12H,13H2,1-2H3/b23-9-. The third-order valence-corrected chi connectivity index (χ3v) is 5.13. The van der Waals surface area contributed by atoms with Gasteiger partial charge in [-0.05, 0) is 42.5 Å². The molecule has 5 nitrogen and oxygen atoms in total. The Morgan fingerprint density at radius 1 is 1.00 bits per heavy atom. The number of benzene rings is 3. The molecule has 0 amide bonds. The molecule has 1 heterocycles. The number of carbonyl (C=O) groups is 1. The van der Waals surface area contributed by atoms with E-state index in [-0.39, 0.29) is 23.2 Å². The van der Waals surface area contributed by atoms with Gasteiger partial charge in [0.1, 0.15) is 35.4 Å². The molecule has 3 aromatic carbocycles. The summed E-state index contributed by atoms with van der Waals surface area (Å²) in [5, 5.41) is 0.284. The molecule has 0 unspecified atom stereocenters. The molecule has 0 fully saturated rings. The van der Waals surface area contributed by atoms with E-state index in [4.69, 9.17) is 30.5 Å². The van der Waals surface area contributed by atoms with Crippen molar-refractivity contribution in [3.05, 3.63) is 87.9 Å². The molecule has 0 spiro atoms. The quantitative estimate of drug-likeness (QED) is 0.461. The number of hydrogen-bond acceptors (Lipinski definition) is 5. The van der Waals surface area contributed by atoms with Crippen LogP contribution >= 0.6 is 11.6 Å². The zero-order valence-corrected chi connectivity index (χ0v) is 17.5. The molecule has 0 saturated carbocycles. The molecule has 3 aromatic rings. The largest absolute Gasteiger partial charge is 0.497 e. The number of Topliss-reactive ketones (excluding diaryl/α,β-unsaturated/α-hetero) is 1. The average molecular weight is 441 g/mol. The molecule has 158 valence electrons. The van der Waals surface area contributed by atoms with Crippen molar-refractivity contribution in [2.45, 2.75) is 6.61 Å². The van der Waals surface area contributed by atoms with E-state index in [1.54, 1.807) is 62.8 Å². The van der Waals surface area contributed by atoms with Crippen LogP contribution in [0.15, 0.2) is 60.4 Å². The van der Waals surface area contributed by atoms with E-state index in [0.717, 1.165) is 0 Å². The third kappa shape index (κ3) is 4.34. The van der Waals surface area contributed by atoms with Gasteiger partial charge in [-0.25, -0.2) is 4.39 Å². The summed E-state index contributed by atoms with van der Waals surface area (Å²) >= 11 is 6.03. The Balaban J connectivity index is 1.53. The van der Waals surface area contributed by atoms with Gasteiger partial charge in [-0.2, -0.15) is 0 Å². The van der Waals surface area contributed by atoms with E-state index in [1.807, 2.05) is 0 Å². The van der Waals surface area contributed by atoms with Gasteiger partial charge in [-0.3, -0.25) is 4.79 Å². The number of methoxy groups -OCH3 is 2. The molecule has 0 aliphatic carbocycles. The molecule has 1 aliphatic heterocycles. The number of ketones is 1. The lowest BCUT2D eigenvalue weighted by atomic mass is 10.1. The van der Waals surface area contributed by atoms with E-state index in [9.17, 15) is 9.18 Å². The fraction of sp³-hybridized carbons (Fsp3) is 0.125.